The van der Waals surface area contributed by atoms with Crippen LogP contribution in [0.5, 0.6) is 0 Å². The van der Waals surface area contributed by atoms with Crippen LogP contribution < -0.4 is 0 Å². The molecule has 1 saturated carbocycles. The molecule has 0 radical (unpaired) electrons. The van der Waals surface area contributed by atoms with Gasteiger partial charge in [0.15, 0.2) is 0 Å². The first kappa shape index (κ1) is 12.4. The van der Waals surface area contributed by atoms with Crippen molar-refractivity contribution in [1.29, 1.82) is 0 Å². The highest BCUT2D eigenvalue weighted by Gasteiger charge is 2.38. The van der Waals surface area contributed by atoms with Gasteiger partial charge in [0.2, 0.25) is 0 Å². The Labute approximate surface area is 101 Å². The maximum Gasteiger partial charge on any atom is 0.308 e. The number of carbonyl (C=O) groups excluding carboxylic acids is 1. The zero-order valence-electron chi connectivity index (χ0n) is 10.1. The Bertz CT molecular complexity index is 308. The van der Waals surface area contributed by atoms with Gasteiger partial charge in [-0.3, -0.25) is 9.59 Å². The van der Waals surface area contributed by atoms with Gasteiger partial charge in [0.25, 0.3) is 5.91 Å². The molecule has 17 heavy (non-hydrogen) atoms. The van der Waals surface area contributed by atoms with E-state index < -0.39 is 11.9 Å². The lowest BCUT2D eigenvalue weighted by molar-refractivity contribution is -0.146. The fraction of sp³-hybridized carbons (Fsp3) is 0.833. The summed E-state index contributed by atoms with van der Waals surface area (Å²) >= 11 is 0. The van der Waals surface area contributed by atoms with E-state index in [1.54, 1.807) is 11.8 Å². The third kappa shape index (κ3) is 2.97. The number of aliphatic carboxylic acids is 1. The van der Waals surface area contributed by atoms with Crippen LogP contribution in [0.1, 0.15) is 32.6 Å². The predicted octanol–water partition coefficient (Wildman–Crippen LogP) is 0.877. The molecular formula is C12H19NO4. The van der Waals surface area contributed by atoms with Gasteiger partial charge in [-0.25, -0.2) is 0 Å². The molecule has 1 amide bonds. The molecule has 2 atom stereocenters. The van der Waals surface area contributed by atoms with Crippen molar-refractivity contribution in [2.24, 2.45) is 5.92 Å². The van der Waals surface area contributed by atoms with E-state index in [1.165, 1.54) is 0 Å². The van der Waals surface area contributed by atoms with E-state index in [-0.39, 0.29) is 18.1 Å². The van der Waals surface area contributed by atoms with E-state index in [1.807, 2.05) is 0 Å². The number of hydrogen-bond donors (Lipinski definition) is 1. The van der Waals surface area contributed by atoms with Gasteiger partial charge in [0.1, 0.15) is 6.10 Å². The SMILES string of the molecule is C[C@H](CN(C(=O)[C@@H]1CCCO1)C1CC1)C(=O)O. The summed E-state index contributed by atoms with van der Waals surface area (Å²) in [7, 11) is 0. The van der Waals surface area contributed by atoms with Crippen LogP contribution in [0.2, 0.25) is 0 Å². The van der Waals surface area contributed by atoms with Crippen LogP contribution in [0, 0.1) is 5.92 Å². The molecule has 1 heterocycles. The second-order valence-electron chi connectivity index (χ2n) is 4.96. The van der Waals surface area contributed by atoms with Gasteiger partial charge in [-0.2, -0.15) is 0 Å². The van der Waals surface area contributed by atoms with Crippen molar-refractivity contribution in [1.82, 2.24) is 4.90 Å². The normalized spacial score (nSPS) is 25.6. The molecule has 2 rings (SSSR count). The van der Waals surface area contributed by atoms with Crippen molar-refractivity contribution in [2.75, 3.05) is 13.2 Å². The highest BCUT2D eigenvalue weighted by molar-refractivity contribution is 5.82. The summed E-state index contributed by atoms with van der Waals surface area (Å²) in [5, 5.41) is 8.91. The summed E-state index contributed by atoms with van der Waals surface area (Å²) in [6, 6.07) is 0.244. The van der Waals surface area contributed by atoms with E-state index in [0.717, 1.165) is 25.7 Å². The van der Waals surface area contributed by atoms with E-state index in [9.17, 15) is 9.59 Å². The van der Waals surface area contributed by atoms with Gasteiger partial charge < -0.3 is 14.7 Å². The maximum absolute atomic E-state index is 12.2. The Balaban J connectivity index is 1.96. The van der Waals surface area contributed by atoms with E-state index >= 15 is 0 Å². The minimum atomic E-state index is -0.851. The van der Waals surface area contributed by atoms with Gasteiger partial charge in [-0.05, 0) is 25.7 Å². The molecule has 0 unspecified atom stereocenters. The molecule has 5 heteroatoms. The van der Waals surface area contributed by atoms with Gasteiger partial charge in [-0.1, -0.05) is 6.92 Å². The van der Waals surface area contributed by atoms with Crippen LogP contribution >= 0.6 is 0 Å². The van der Waals surface area contributed by atoms with Crippen LogP contribution in [-0.2, 0) is 14.3 Å². The lowest BCUT2D eigenvalue weighted by atomic mass is 10.1. The Morgan fingerprint density at radius 2 is 2.12 bits per heavy atom. The molecule has 2 fully saturated rings. The third-order valence-electron chi connectivity index (χ3n) is 3.37. The standard InChI is InChI=1S/C12H19NO4/c1-8(12(15)16)7-13(9-4-5-9)11(14)10-3-2-6-17-10/h8-10H,2-7H2,1H3,(H,15,16)/t8-,10+/m1/s1. The number of carbonyl (C=O) groups is 2. The molecular weight excluding hydrogens is 222 g/mol. The van der Waals surface area contributed by atoms with Crippen LogP contribution in [0.4, 0.5) is 0 Å². The quantitative estimate of drug-likeness (QED) is 0.775. The molecule has 5 nitrogen and oxygen atoms in total. The van der Waals surface area contributed by atoms with Crippen molar-refractivity contribution < 1.29 is 19.4 Å². The number of carboxylic acids is 1. The van der Waals surface area contributed by atoms with Gasteiger partial charge >= 0.3 is 5.97 Å². The second-order valence-corrected chi connectivity index (χ2v) is 4.96. The summed E-state index contributed by atoms with van der Waals surface area (Å²) in [6.07, 6.45) is 3.33. The number of hydrogen-bond acceptors (Lipinski definition) is 3. The first-order chi connectivity index (χ1) is 8.09. The molecule has 0 aromatic heterocycles. The topological polar surface area (TPSA) is 66.8 Å². The average Bonchev–Trinajstić information content (AvgIpc) is 2.98. The third-order valence-corrected chi connectivity index (χ3v) is 3.37. The predicted molar refractivity (Wildman–Crippen MR) is 60.5 cm³/mol. The largest absolute Gasteiger partial charge is 0.481 e. The molecule has 0 spiro atoms. The fourth-order valence-corrected chi connectivity index (χ4v) is 2.14. The molecule has 1 N–H and O–H groups in total. The number of rotatable bonds is 5. The molecule has 0 aromatic rings. The summed E-state index contributed by atoms with van der Waals surface area (Å²) in [4.78, 5) is 24.8. The smallest absolute Gasteiger partial charge is 0.308 e. The molecule has 2 aliphatic rings. The van der Waals surface area contributed by atoms with Crippen molar-refractivity contribution >= 4 is 11.9 Å². The minimum Gasteiger partial charge on any atom is -0.481 e. The van der Waals surface area contributed by atoms with E-state index in [2.05, 4.69) is 0 Å². The zero-order valence-corrected chi connectivity index (χ0v) is 10.1. The lowest BCUT2D eigenvalue weighted by Crippen LogP contribution is -2.43. The Hall–Kier alpha value is -1.10. The number of nitrogens with zero attached hydrogens (tertiary/aromatic N) is 1. The first-order valence-electron chi connectivity index (χ1n) is 6.24. The number of amides is 1. The van der Waals surface area contributed by atoms with Crippen LogP contribution in [0.3, 0.4) is 0 Å². The highest BCUT2D eigenvalue weighted by atomic mass is 16.5. The fourth-order valence-electron chi connectivity index (χ4n) is 2.14. The Morgan fingerprint density at radius 3 is 2.59 bits per heavy atom. The van der Waals surface area contributed by atoms with Crippen LogP contribution in [-0.4, -0.2) is 47.2 Å². The van der Waals surface area contributed by atoms with Crippen molar-refractivity contribution in [2.45, 2.75) is 44.8 Å². The van der Waals surface area contributed by atoms with Crippen molar-refractivity contribution in [3.63, 3.8) is 0 Å². The van der Waals surface area contributed by atoms with Crippen molar-refractivity contribution in [3.05, 3.63) is 0 Å². The summed E-state index contributed by atoms with van der Waals surface area (Å²) in [6.45, 7) is 2.59. The summed E-state index contributed by atoms with van der Waals surface area (Å²) < 4.78 is 5.38. The van der Waals surface area contributed by atoms with Gasteiger partial charge in [0, 0.05) is 19.2 Å². The summed E-state index contributed by atoms with van der Waals surface area (Å²) in [5.41, 5.74) is 0. The average molecular weight is 241 g/mol. The molecule has 0 aromatic carbocycles. The zero-order chi connectivity index (χ0) is 12.4. The van der Waals surface area contributed by atoms with Gasteiger partial charge in [-0.15, -0.1) is 0 Å². The first-order valence-corrected chi connectivity index (χ1v) is 6.24. The molecule has 1 aliphatic heterocycles. The Kier molecular flexibility index (Phi) is 3.66. The van der Waals surface area contributed by atoms with E-state index in [0.29, 0.717) is 13.2 Å². The number of carboxylic acid groups (broad SMARTS) is 1. The van der Waals surface area contributed by atoms with Crippen molar-refractivity contribution in [3.8, 4) is 0 Å². The number of ether oxygens (including phenoxy) is 1. The molecule has 1 aliphatic carbocycles. The maximum atomic E-state index is 12.2. The minimum absolute atomic E-state index is 0.0156. The van der Waals surface area contributed by atoms with E-state index in [4.69, 9.17) is 9.84 Å². The van der Waals surface area contributed by atoms with Crippen LogP contribution in [0.15, 0.2) is 0 Å². The summed E-state index contributed by atoms with van der Waals surface area (Å²) in [5.74, 6) is -1.38. The second kappa shape index (κ2) is 5.04. The highest BCUT2D eigenvalue weighted by Crippen LogP contribution is 2.29. The molecule has 1 saturated heterocycles. The van der Waals surface area contributed by atoms with Gasteiger partial charge in [0.05, 0.1) is 5.92 Å². The Morgan fingerprint density at radius 1 is 1.41 bits per heavy atom. The lowest BCUT2D eigenvalue weighted by Gasteiger charge is -2.26. The molecule has 0 bridgehead atoms. The van der Waals surface area contributed by atoms with Crippen LogP contribution in [0.25, 0.3) is 0 Å². The monoisotopic (exact) mass is 241 g/mol. The molecule has 96 valence electrons.